The number of nitrogens with one attached hydrogen (secondary N) is 1. The molecular formula is C18H17Cl2F2N3O. The molecule has 1 saturated carbocycles. The average Bonchev–Trinajstić information content (AvgIpc) is 3.26. The fourth-order valence-electron chi connectivity index (χ4n) is 4.46. The monoisotopic (exact) mass is 399 g/mol. The molecule has 3 atom stereocenters. The van der Waals surface area contributed by atoms with Crippen molar-refractivity contribution in [1.29, 1.82) is 0 Å². The van der Waals surface area contributed by atoms with Gasteiger partial charge in [0.25, 0.3) is 6.43 Å². The summed E-state index contributed by atoms with van der Waals surface area (Å²) in [4.78, 5) is 12.7. The molecule has 1 fully saturated rings. The summed E-state index contributed by atoms with van der Waals surface area (Å²) in [5, 5.41) is 7.99. The maximum absolute atomic E-state index is 13.2. The van der Waals surface area contributed by atoms with Gasteiger partial charge in [0.1, 0.15) is 16.1 Å². The smallest absolute Gasteiger partial charge is 0.279 e. The summed E-state index contributed by atoms with van der Waals surface area (Å²) in [5.74, 6) is -1.17. The number of halogens is 4. The molecule has 1 N–H and O–H groups in total. The van der Waals surface area contributed by atoms with Crippen molar-refractivity contribution in [1.82, 2.24) is 5.01 Å². The fraction of sp³-hybridized carbons (Fsp3) is 0.444. The normalized spacial score (nSPS) is 26.4. The highest BCUT2D eigenvalue weighted by Crippen LogP contribution is 2.60. The molecule has 4 nitrogen and oxygen atoms in total. The minimum Gasteiger partial charge on any atom is -0.325 e. The largest absolute Gasteiger partial charge is 0.325 e. The zero-order chi connectivity index (χ0) is 18.6. The maximum atomic E-state index is 13.2. The minimum absolute atomic E-state index is 0.0750. The molecular weight excluding hydrogens is 383 g/mol. The van der Waals surface area contributed by atoms with E-state index in [1.54, 1.807) is 13.1 Å². The fourth-order valence-corrected chi connectivity index (χ4v) is 4.98. The number of rotatable bonds is 3. The van der Waals surface area contributed by atoms with Gasteiger partial charge in [0.15, 0.2) is 0 Å². The van der Waals surface area contributed by atoms with Crippen molar-refractivity contribution in [3.63, 3.8) is 0 Å². The third-order valence-electron chi connectivity index (χ3n) is 5.46. The summed E-state index contributed by atoms with van der Waals surface area (Å²) in [6, 6.07) is 5.67. The highest BCUT2D eigenvalue weighted by atomic mass is 35.5. The van der Waals surface area contributed by atoms with E-state index in [0.717, 1.165) is 29.5 Å². The van der Waals surface area contributed by atoms with E-state index >= 15 is 0 Å². The number of alkyl halides is 2. The van der Waals surface area contributed by atoms with Gasteiger partial charge >= 0.3 is 0 Å². The number of fused-ring (bicyclic) bond motifs is 5. The van der Waals surface area contributed by atoms with Crippen LogP contribution >= 0.6 is 23.2 Å². The predicted molar refractivity (Wildman–Crippen MR) is 98.1 cm³/mol. The predicted octanol–water partition coefficient (Wildman–Crippen LogP) is 4.47. The lowest BCUT2D eigenvalue weighted by Crippen LogP contribution is -2.34. The first-order valence-corrected chi connectivity index (χ1v) is 9.20. The van der Waals surface area contributed by atoms with Gasteiger partial charge in [-0.05, 0) is 35.6 Å². The third-order valence-corrected chi connectivity index (χ3v) is 5.90. The third kappa shape index (κ3) is 2.70. The maximum Gasteiger partial charge on any atom is 0.279 e. The van der Waals surface area contributed by atoms with Crippen molar-refractivity contribution >= 4 is 40.5 Å². The Hall–Kier alpha value is -1.66. The Morgan fingerprint density at radius 2 is 2.04 bits per heavy atom. The van der Waals surface area contributed by atoms with E-state index in [4.69, 9.17) is 23.2 Å². The lowest BCUT2D eigenvalue weighted by Gasteiger charge is -2.20. The highest BCUT2D eigenvalue weighted by Gasteiger charge is 2.45. The molecule has 2 bridgehead atoms. The van der Waals surface area contributed by atoms with Crippen LogP contribution in [0.5, 0.6) is 0 Å². The molecule has 0 radical (unpaired) electrons. The van der Waals surface area contributed by atoms with E-state index in [-0.39, 0.29) is 28.6 Å². The van der Waals surface area contributed by atoms with Crippen LogP contribution in [0.3, 0.4) is 0 Å². The van der Waals surface area contributed by atoms with Crippen molar-refractivity contribution in [2.75, 3.05) is 18.9 Å². The summed E-state index contributed by atoms with van der Waals surface area (Å²) in [5.41, 5.74) is 3.38. The Kier molecular flexibility index (Phi) is 4.43. The molecule has 4 rings (SSSR count). The van der Waals surface area contributed by atoms with Gasteiger partial charge in [-0.25, -0.2) is 8.78 Å². The number of hydrogen-bond donors (Lipinski definition) is 1. The number of carbonyl (C=O) groups is 1. The number of anilines is 1. The van der Waals surface area contributed by atoms with E-state index < -0.39 is 18.3 Å². The van der Waals surface area contributed by atoms with Gasteiger partial charge in [0, 0.05) is 24.6 Å². The van der Waals surface area contributed by atoms with E-state index in [9.17, 15) is 13.6 Å². The Labute approximate surface area is 159 Å². The molecule has 3 aliphatic rings. The van der Waals surface area contributed by atoms with E-state index in [2.05, 4.69) is 10.4 Å². The van der Waals surface area contributed by atoms with Crippen molar-refractivity contribution in [2.45, 2.75) is 31.1 Å². The number of allylic oxidation sites excluding steroid dienone is 1. The zero-order valence-electron chi connectivity index (χ0n) is 14.0. The van der Waals surface area contributed by atoms with Gasteiger partial charge in [0.05, 0.1) is 6.54 Å². The molecule has 2 aliphatic carbocycles. The standard InChI is InChI=1S/C18H17Cl2F2N3O/c1-25-7-11(15(24-25)17(21)22)18(26)23-12-4-2-3-8-9-5-6-10(13(8)12)14(9)16(19)20/h2-4,9-11,17H,5-7H2,1H3,(H,23,26). The Balaban J connectivity index is 1.64. The summed E-state index contributed by atoms with van der Waals surface area (Å²) in [7, 11) is 1.58. The molecule has 1 aromatic carbocycles. The number of amides is 1. The molecule has 138 valence electrons. The van der Waals surface area contributed by atoms with Gasteiger partial charge in [-0.2, -0.15) is 5.10 Å². The van der Waals surface area contributed by atoms with E-state index in [1.165, 1.54) is 5.01 Å². The molecule has 1 heterocycles. The number of hydrazone groups is 1. The summed E-state index contributed by atoms with van der Waals surface area (Å²) >= 11 is 12.2. The van der Waals surface area contributed by atoms with Crippen LogP contribution in [-0.4, -0.2) is 36.6 Å². The molecule has 0 spiro atoms. The van der Waals surface area contributed by atoms with Crippen LogP contribution in [0.2, 0.25) is 0 Å². The number of benzene rings is 1. The SMILES string of the molecule is CN1CC(C(=O)Nc2cccc3c2C2CCC3C2=C(Cl)Cl)C(C(F)F)=N1. The Morgan fingerprint density at radius 1 is 1.31 bits per heavy atom. The first-order valence-electron chi connectivity index (χ1n) is 8.45. The molecule has 8 heteroatoms. The second-order valence-electron chi connectivity index (χ2n) is 6.91. The number of hydrogen-bond acceptors (Lipinski definition) is 3. The Bertz CT molecular complexity index is 836. The molecule has 26 heavy (non-hydrogen) atoms. The van der Waals surface area contributed by atoms with E-state index in [1.807, 2.05) is 12.1 Å². The lowest BCUT2D eigenvalue weighted by atomic mass is 9.90. The van der Waals surface area contributed by atoms with Gasteiger partial charge in [-0.1, -0.05) is 35.3 Å². The summed E-state index contributed by atoms with van der Waals surface area (Å²) in [6.07, 6.45) is -0.861. The van der Waals surface area contributed by atoms with Gasteiger partial charge in [-0.3, -0.25) is 9.80 Å². The molecule has 1 aliphatic heterocycles. The van der Waals surface area contributed by atoms with Crippen molar-refractivity contribution in [2.24, 2.45) is 11.0 Å². The number of carbonyl (C=O) groups excluding carboxylic acids is 1. The van der Waals surface area contributed by atoms with Crippen molar-refractivity contribution in [3.8, 4) is 0 Å². The molecule has 0 saturated heterocycles. The second kappa shape index (κ2) is 6.50. The van der Waals surface area contributed by atoms with Crippen LogP contribution in [0.15, 0.2) is 33.4 Å². The lowest BCUT2D eigenvalue weighted by molar-refractivity contribution is -0.118. The Morgan fingerprint density at radius 3 is 2.73 bits per heavy atom. The number of nitrogens with zero attached hydrogens (tertiary/aromatic N) is 2. The van der Waals surface area contributed by atoms with Crippen LogP contribution in [0.1, 0.15) is 35.8 Å². The van der Waals surface area contributed by atoms with Gasteiger partial charge in [0.2, 0.25) is 5.91 Å². The van der Waals surface area contributed by atoms with Gasteiger partial charge < -0.3 is 5.32 Å². The summed E-state index contributed by atoms with van der Waals surface area (Å²) < 4.78 is 26.6. The highest BCUT2D eigenvalue weighted by molar-refractivity contribution is 6.56. The quantitative estimate of drug-likeness (QED) is 0.814. The second-order valence-corrected chi connectivity index (χ2v) is 7.86. The topological polar surface area (TPSA) is 44.7 Å². The zero-order valence-corrected chi connectivity index (χ0v) is 15.5. The molecule has 3 unspecified atom stereocenters. The van der Waals surface area contributed by atoms with Crippen LogP contribution in [-0.2, 0) is 4.79 Å². The van der Waals surface area contributed by atoms with E-state index in [0.29, 0.717) is 5.69 Å². The van der Waals surface area contributed by atoms with Crippen molar-refractivity contribution < 1.29 is 13.6 Å². The summed E-state index contributed by atoms with van der Waals surface area (Å²) in [6.45, 7) is 0.144. The van der Waals surface area contributed by atoms with Crippen LogP contribution in [0.4, 0.5) is 14.5 Å². The average molecular weight is 400 g/mol. The van der Waals surface area contributed by atoms with Crippen LogP contribution in [0, 0.1) is 5.92 Å². The van der Waals surface area contributed by atoms with Crippen LogP contribution < -0.4 is 5.32 Å². The first kappa shape index (κ1) is 17.7. The minimum atomic E-state index is -2.75. The molecule has 1 aromatic rings. The van der Waals surface area contributed by atoms with Crippen LogP contribution in [0.25, 0.3) is 0 Å². The molecule has 0 aromatic heterocycles. The van der Waals surface area contributed by atoms with Gasteiger partial charge in [-0.15, -0.1) is 0 Å². The first-order chi connectivity index (χ1) is 12.4. The molecule has 1 amide bonds. The van der Waals surface area contributed by atoms with Crippen molar-refractivity contribution in [3.05, 3.63) is 39.4 Å².